The molecular formula is C34H28BrClN4O2. The molecule has 6 rings (SSSR count). The van der Waals surface area contributed by atoms with Gasteiger partial charge in [-0.05, 0) is 62.2 Å². The van der Waals surface area contributed by atoms with Gasteiger partial charge in [-0.25, -0.2) is 9.97 Å². The van der Waals surface area contributed by atoms with E-state index in [1.54, 1.807) is 36.4 Å². The van der Waals surface area contributed by atoms with Crippen LogP contribution in [-0.2, 0) is 4.79 Å². The predicted molar refractivity (Wildman–Crippen MR) is 172 cm³/mol. The Bertz CT molecular complexity index is 1800. The Morgan fingerprint density at radius 3 is 2.38 bits per heavy atom. The van der Waals surface area contributed by atoms with Crippen LogP contribution in [0.4, 0.5) is 11.6 Å². The van der Waals surface area contributed by atoms with Crippen molar-refractivity contribution in [3.8, 4) is 11.3 Å². The molecule has 4 aromatic carbocycles. The minimum atomic E-state index is -0.245. The van der Waals surface area contributed by atoms with Gasteiger partial charge in [0, 0.05) is 45.6 Å². The summed E-state index contributed by atoms with van der Waals surface area (Å²) in [6, 6.07) is 28.6. The second-order valence-electron chi connectivity index (χ2n) is 10.5. The second-order valence-corrected chi connectivity index (χ2v) is 11.8. The molecule has 1 saturated heterocycles. The normalized spacial score (nSPS) is 13.7. The molecule has 1 aliphatic rings. The SMILES string of the molecule is Cc1ccc2nc(N3CCC(C(=O)Nc4ccc(Br)cc4C(=O)c4ccccc4Cl)CC3)nc(-c3ccccc3)c2c1. The fourth-order valence-electron chi connectivity index (χ4n) is 5.37. The molecule has 0 radical (unpaired) electrons. The van der Waals surface area contributed by atoms with Crippen LogP contribution in [0.2, 0.25) is 5.02 Å². The Balaban J connectivity index is 1.20. The maximum absolute atomic E-state index is 13.4. The average Bonchev–Trinajstić information content (AvgIpc) is 3.02. The lowest BCUT2D eigenvalue weighted by Gasteiger charge is -2.32. The molecule has 6 nitrogen and oxygen atoms in total. The van der Waals surface area contributed by atoms with Gasteiger partial charge in [0.2, 0.25) is 11.9 Å². The van der Waals surface area contributed by atoms with E-state index in [2.05, 4.69) is 57.3 Å². The minimum absolute atomic E-state index is 0.106. The molecule has 42 heavy (non-hydrogen) atoms. The number of rotatable bonds is 6. The molecule has 0 spiro atoms. The Morgan fingerprint density at radius 2 is 1.62 bits per heavy atom. The molecule has 1 aliphatic heterocycles. The molecule has 1 aromatic heterocycles. The number of carbonyl (C=O) groups excluding carboxylic acids is 2. The van der Waals surface area contributed by atoms with E-state index >= 15 is 0 Å². The number of piperidine rings is 1. The predicted octanol–water partition coefficient (Wildman–Crippen LogP) is 8.11. The van der Waals surface area contributed by atoms with E-state index in [-0.39, 0.29) is 17.6 Å². The first-order valence-corrected chi connectivity index (χ1v) is 15.0. The topological polar surface area (TPSA) is 75.2 Å². The Kier molecular flexibility index (Phi) is 8.05. The third-order valence-electron chi connectivity index (χ3n) is 7.64. The molecule has 0 bridgehead atoms. The van der Waals surface area contributed by atoms with Crippen LogP contribution in [0.1, 0.15) is 34.3 Å². The van der Waals surface area contributed by atoms with Crippen LogP contribution in [0, 0.1) is 12.8 Å². The molecule has 0 atom stereocenters. The third-order valence-corrected chi connectivity index (χ3v) is 8.46. The quantitative estimate of drug-likeness (QED) is 0.190. The van der Waals surface area contributed by atoms with Crippen molar-refractivity contribution in [1.29, 1.82) is 0 Å². The largest absolute Gasteiger partial charge is 0.341 e. The molecule has 210 valence electrons. The monoisotopic (exact) mass is 638 g/mol. The van der Waals surface area contributed by atoms with E-state index in [0.29, 0.717) is 53.7 Å². The zero-order chi connectivity index (χ0) is 29.2. The number of aryl methyl sites for hydroxylation is 1. The number of carbonyl (C=O) groups is 2. The molecule has 0 aliphatic carbocycles. The third kappa shape index (κ3) is 5.80. The van der Waals surface area contributed by atoms with Gasteiger partial charge in [0.1, 0.15) is 0 Å². The van der Waals surface area contributed by atoms with Crippen LogP contribution in [0.3, 0.4) is 0 Å². The van der Waals surface area contributed by atoms with Gasteiger partial charge in [0.05, 0.1) is 21.9 Å². The number of hydrogen-bond acceptors (Lipinski definition) is 5. The molecule has 0 unspecified atom stereocenters. The summed E-state index contributed by atoms with van der Waals surface area (Å²) in [6.07, 6.45) is 1.29. The summed E-state index contributed by atoms with van der Waals surface area (Å²) in [5.41, 5.74) is 5.25. The summed E-state index contributed by atoms with van der Waals surface area (Å²) in [6.45, 7) is 3.37. The molecule has 0 saturated carbocycles. The summed E-state index contributed by atoms with van der Waals surface area (Å²) in [5, 5.41) is 4.41. The first kappa shape index (κ1) is 28.1. The van der Waals surface area contributed by atoms with Crippen molar-refractivity contribution >= 4 is 61.8 Å². The number of anilines is 2. The number of hydrogen-bond donors (Lipinski definition) is 1. The van der Waals surface area contributed by atoms with Gasteiger partial charge in [-0.15, -0.1) is 0 Å². The smallest absolute Gasteiger partial charge is 0.227 e. The number of nitrogens with one attached hydrogen (secondary N) is 1. The van der Waals surface area contributed by atoms with Crippen LogP contribution in [0.15, 0.2) is 95.5 Å². The lowest BCUT2D eigenvalue weighted by Crippen LogP contribution is -2.39. The zero-order valence-electron chi connectivity index (χ0n) is 23.0. The van der Waals surface area contributed by atoms with Gasteiger partial charge in [0.15, 0.2) is 5.78 Å². The maximum atomic E-state index is 13.4. The molecule has 1 amide bonds. The van der Waals surface area contributed by atoms with Crippen molar-refractivity contribution in [2.24, 2.45) is 5.92 Å². The fraction of sp³-hybridized carbons (Fsp3) is 0.176. The molecule has 1 fully saturated rings. The number of benzene rings is 4. The average molecular weight is 640 g/mol. The highest BCUT2D eigenvalue weighted by Gasteiger charge is 2.28. The molecular weight excluding hydrogens is 612 g/mol. The highest BCUT2D eigenvalue weighted by molar-refractivity contribution is 9.10. The van der Waals surface area contributed by atoms with Crippen molar-refractivity contribution in [3.63, 3.8) is 0 Å². The zero-order valence-corrected chi connectivity index (χ0v) is 25.3. The van der Waals surface area contributed by atoms with E-state index in [1.807, 2.05) is 30.3 Å². The van der Waals surface area contributed by atoms with Gasteiger partial charge >= 0.3 is 0 Å². The van der Waals surface area contributed by atoms with E-state index in [4.69, 9.17) is 21.6 Å². The van der Waals surface area contributed by atoms with E-state index in [9.17, 15) is 9.59 Å². The minimum Gasteiger partial charge on any atom is -0.341 e. The Labute approximate surface area is 257 Å². The van der Waals surface area contributed by atoms with Crippen molar-refractivity contribution in [3.05, 3.63) is 117 Å². The van der Waals surface area contributed by atoms with Crippen LogP contribution in [0.5, 0.6) is 0 Å². The number of halogens is 2. The van der Waals surface area contributed by atoms with Gasteiger partial charge in [0.25, 0.3) is 0 Å². The van der Waals surface area contributed by atoms with Crippen LogP contribution >= 0.6 is 27.5 Å². The number of fused-ring (bicyclic) bond motifs is 1. The second kappa shape index (κ2) is 12.0. The Morgan fingerprint density at radius 1 is 0.881 bits per heavy atom. The maximum Gasteiger partial charge on any atom is 0.227 e. The fourth-order valence-corrected chi connectivity index (χ4v) is 5.95. The highest BCUT2D eigenvalue weighted by Crippen LogP contribution is 2.32. The van der Waals surface area contributed by atoms with Gasteiger partial charge in [-0.1, -0.05) is 81.6 Å². The first-order valence-electron chi connectivity index (χ1n) is 13.9. The molecule has 5 aromatic rings. The number of nitrogens with zero attached hydrogens (tertiary/aromatic N) is 3. The standard InChI is InChI=1S/C34H28BrClN4O2/c1-21-11-13-29-26(19-21)31(22-7-3-2-4-8-22)39-34(38-29)40-17-15-23(16-18-40)33(42)37-30-14-12-24(35)20-27(30)32(41)25-9-5-6-10-28(25)36/h2-14,19-20,23H,15-18H2,1H3,(H,37,42). The van der Waals surface area contributed by atoms with Crippen molar-refractivity contribution in [2.45, 2.75) is 19.8 Å². The van der Waals surface area contributed by atoms with E-state index in [0.717, 1.165) is 32.2 Å². The van der Waals surface area contributed by atoms with Crippen molar-refractivity contribution in [2.75, 3.05) is 23.3 Å². The van der Waals surface area contributed by atoms with E-state index < -0.39 is 0 Å². The van der Waals surface area contributed by atoms with Crippen molar-refractivity contribution in [1.82, 2.24) is 9.97 Å². The first-order chi connectivity index (χ1) is 20.4. The van der Waals surface area contributed by atoms with E-state index in [1.165, 1.54) is 0 Å². The number of amides is 1. The summed E-state index contributed by atoms with van der Waals surface area (Å²) in [4.78, 5) is 38.8. The van der Waals surface area contributed by atoms with Gasteiger partial charge in [-0.3, -0.25) is 9.59 Å². The Hall–Kier alpha value is -4.07. The van der Waals surface area contributed by atoms with Crippen LogP contribution in [0.25, 0.3) is 22.2 Å². The van der Waals surface area contributed by atoms with Gasteiger partial charge < -0.3 is 10.2 Å². The molecule has 1 N–H and O–H groups in total. The van der Waals surface area contributed by atoms with Crippen LogP contribution < -0.4 is 10.2 Å². The summed E-state index contributed by atoms with van der Waals surface area (Å²) in [5.74, 6) is 0.115. The number of aromatic nitrogens is 2. The summed E-state index contributed by atoms with van der Waals surface area (Å²) in [7, 11) is 0. The highest BCUT2D eigenvalue weighted by atomic mass is 79.9. The lowest BCUT2D eigenvalue weighted by molar-refractivity contribution is -0.120. The van der Waals surface area contributed by atoms with Crippen LogP contribution in [-0.4, -0.2) is 34.7 Å². The summed E-state index contributed by atoms with van der Waals surface area (Å²) >= 11 is 9.75. The molecule has 2 heterocycles. The lowest BCUT2D eigenvalue weighted by atomic mass is 9.95. The summed E-state index contributed by atoms with van der Waals surface area (Å²) < 4.78 is 0.740. The number of ketones is 1. The van der Waals surface area contributed by atoms with Gasteiger partial charge in [-0.2, -0.15) is 0 Å². The van der Waals surface area contributed by atoms with Crippen molar-refractivity contribution < 1.29 is 9.59 Å². The molecule has 8 heteroatoms.